The molecule has 255 valence electrons. The Bertz CT molecular complexity index is 2850. The van der Waals surface area contributed by atoms with Crippen LogP contribution >= 0.6 is 11.3 Å². The van der Waals surface area contributed by atoms with Crippen molar-refractivity contribution in [1.29, 1.82) is 0 Å². The zero-order valence-corrected chi connectivity index (χ0v) is 34.0. The summed E-state index contributed by atoms with van der Waals surface area (Å²) >= 11 is 0.0983. The third kappa shape index (κ3) is 6.08. The Kier molecular flexibility index (Phi) is 9.14. The normalized spacial score (nSPS) is 11.6. The third-order valence-electron chi connectivity index (χ3n) is 9.23. The number of benzene rings is 5. The molecule has 1 radical (unpaired) electrons. The monoisotopic (exact) mass is 931 g/mol. The van der Waals surface area contributed by atoms with Crippen molar-refractivity contribution in [2.75, 3.05) is 0 Å². The van der Waals surface area contributed by atoms with Crippen LogP contribution in [0.25, 0.3) is 81.6 Å². The van der Waals surface area contributed by atoms with E-state index in [-0.39, 0.29) is 20.1 Å². The number of aromatic nitrogens is 4. The second-order valence-electron chi connectivity index (χ2n) is 13.5. The molecule has 0 aliphatic rings. The molecule has 5 heterocycles. The molecule has 0 N–H and O–H groups in total. The van der Waals surface area contributed by atoms with E-state index in [1.54, 1.807) is 6.20 Å². The molecule has 5 aromatic heterocycles. The number of pyridine rings is 2. The molecule has 0 unspecified atom stereocenters. The van der Waals surface area contributed by atoms with Crippen LogP contribution < -0.4 is 4.40 Å². The molecule has 10 rings (SSSR count). The van der Waals surface area contributed by atoms with Crippen LogP contribution in [0.15, 0.2) is 144 Å². The maximum atomic E-state index is 6.27. The molecule has 0 amide bonds. The first-order valence-corrected chi connectivity index (χ1v) is 25.1. The summed E-state index contributed by atoms with van der Waals surface area (Å²) in [4.78, 5) is 14.1. The van der Waals surface area contributed by atoms with Crippen molar-refractivity contribution in [3.05, 3.63) is 152 Å². The Morgan fingerprint density at radius 2 is 1.50 bits per heavy atom. The Morgan fingerprint density at radius 3 is 2.33 bits per heavy atom. The van der Waals surface area contributed by atoms with Gasteiger partial charge in [0.15, 0.2) is 0 Å². The van der Waals surface area contributed by atoms with Gasteiger partial charge in [0.1, 0.15) is 0 Å². The zero-order valence-electron chi connectivity index (χ0n) is 28.7. The van der Waals surface area contributed by atoms with Gasteiger partial charge in [-0.1, -0.05) is 53.4 Å². The van der Waals surface area contributed by atoms with Gasteiger partial charge in [-0.25, -0.2) is 4.98 Å². The fraction of sp³-hybridized carbons (Fsp3) is 0.0682. The maximum Gasteiger partial charge on any atom is 0.216 e. The van der Waals surface area contributed by atoms with Crippen LogP contribution in [0, 0.1) is 12.1 Å². The number of fused-ring (bicyclic) bond motifs is 7. The Balaban J connectivity index is 0.000000193. The summed E-state index contributed by atoms with van der Waals surface area (Å²) in [6.45, 7) is 0. The summed E-state index contributed by atoms with van der Waals surface area (Å²) in [6.07, 6.45) is 3.79. The first kappa shape index (κ1) is 34.2. The van der Waals surface area contributed by atoms with Crippen LogP contribution in [0.1, 0.15) is 0 Å². The second-order valence-corrected chi connectivity index (χ2v) is 25.2. The second kappa shape index (κ2) is 13.9. The number of furan rings is 1. The minimum absolute atomic E-state index is 0. The van der Waals surface area contributed by atoms with E-state index in [0.29, 0.717) is 5.71 Å². The number of hydrogen-bond donors (Lipinski definition) is 0. The molecule has 0 aliphatic heterocycles. The molecule has 0 fully saturated rings. The average molecular weight is 930 g/mol. The van der Waals surface area contributed by atoms with E-state index in [0.717, 1.165) is 55.7 Å². The number of para-hydroxylation sites is 2. The summed E-state index contributed by atoms with van der Waals surface area (Å²) in [5.74, 6) is 7.95. The molecule has 5 nitrogen and oxygen atoms in total. The Labute approximate surface area is 321 Å². The van der Waals surface area contributed by atoms with Crippen molar-refractivity contribution >= 4 is 82.3 Å². The smallest absolute Gasteiger partial charge is 0.216 e. The van der Waals surface area contributed by atoms with E-state index >= 15 is 0 Å². The molecular formula is C44H32GeIrN4OS-2. The van der Waals surface area contributed by atoms with Gasteiger partial charge in [0.05, 0.1) is 32.8 Å². The van der Waals surface area contributed by atoms with Crippen LogP contribution in [0.5, 0.6) is 0 Å². The van der Waals surface area contributed by atoms with Gasteiger partial charge in [0.2, 0.25) is 5.71 Å². The van der Waals surface area contributed by atoms with Gasteiger partial charge < -0.3 is 8.98 Å². The van der Waals surface area contributed by atoms with Crippen molar-refractivity contribution in [2.45, 2.75) is 17.3 Å². The van der Waals surface area contributed by atoms with Gasteiger partial charge >= 0.3 is 99.8 Å². The molecule has 5 aromatic carbocycles. The molecule has 0 saturated carbocycles. The minimum atomic E-state index is -1.72. The van der Waals surface area contributed by atoms with Crippen molar-refractivity contribution in [2.24, 2.45) is 0 Å². The molecule has 0 bridgehead atoms. The molecule has 8 heteroatoms. The summed E-state index contributed by atoms with van der Waals surface area (Å²) in [5.41, 5.74) is 7.36. The van der Waals surface area contributed by atoms with Crippen LogP contribution in [0.2, 0.25) is 17.3 Å². The zero-order chi connectivity index (χ0) is 34.5. The van der Waals surface area contributed by atoms with Crippen molar-refractivity contribution in [3.63, 3.8) is 0 Å². The van der Waals surface area contributed by atoms with Crippen LogP contribution in [-0.4, -0.2) is 32.8 Å². The van der Waals surface area contributed by atoms with E-state index in [4.69, 9.17) is 9.40 Å². The number of imidazole rings is 1. The molecule has 0 spiro atoms. The van der Waals surface area contributed by atoms with Crippen molar-refractivity contribution in [1.82, 2.24) is 19.5 Å². The Hall–Kier alpha value is -4.92. The number of hydrogen-bond acceptors (Lipinski definition) is 5. The minimum Gasteiger partial charge on any atom is -0.486 e. The van der Waals surface area contributed by atoms with E-state index in [9.17, 15) is 0 Å². The van der Waals surface area contributed by atoms with E-state index in [2.05, 4.69) is 117 Å². The summed E-state index contributed by atoms with van der Waals surface area (Å²) in [6, 6.07) is 50.2. The van der Waals surface area contributed by atoms with Gasteiger partial charge in [-0.3, -0.25) is 4.98 Å². The van der Waals surface area contributed by atoms with E-state index in [1.807, 2.05) is 72.1 Å². The van der Waals surface area contributed by atoms with E-state index < -0.39 is 13.3 Å². The van der Waals surface area contributed by atoms with Gasteiger partial charge in [-0.15, -0.1) is 29.5 Å². The van der Waals surface area contributed by atoms with Gasteiger partial charge in [-0.2, -0.15) is 0 Å². The summed E-state index contributed by atoms with van der Waals surface area (Å²) in [5, 5.41) is 4.53. The summed E-state index contributed by atoms with van der Waals surface area (Å²) in [7, 11) is 0. The fourth-order valence-electron chi connectivity index (χ4n) is 6.64. The van der Waals surface area contributed by atoms with Crippen molar-refractivity contribution < 1.29 is 24.5 Å². The topological polar surface area (TPSA) is 56.7 Å². The van der Waals surface area contributed by atoms with Crippen molar-refractivity contribution in [3.8, 4) is 28.3 Å². The average Bonchev–Trinajstić information content (AvgIpc) is 3.87. The third-order valence-corrected chi connectivity index (χ3v) is 14.7. The van der Waals surface area contributed by atoms with Gasteiger partial charge in [0.25, 0.3) is 0 Å². The molecule has 0 saturated heterocycles. The molecule has 0 aliphatic carbocycles. The predicted molar refractivity (Wildman–Crippen MR) is 215 cm³/mol. The SMILES string of the molecule is [CH3][Ge]([CH3])([CH3])[c]1ccc(-c2[c-]cccc2)nc1.[Ir].[c-]1ccc2c(oc3ncccc32)c1-c1nc2ccccc2n1-c1cccc2c1sc1ccccc12. The fourth-order valence-corrected chi connectivity index (χ4v) is 10.0. The molecule has 10 aromatic rings. The van der Waals surface area contributed by atoms with Crippen LogP contribution in [-0.2, 0) is 20.1 Å². The largest absolute Gasteiger partial charge is 0.486 e. The predicted octanol–water partition coefficient (Wildman–Crippen LogP) is 11.2. The molecular weight excluding hydrogens is 897 g/mol. The molecule has 52 heavy (non-hydrogen) atoms. The van der Waals surface area contributed by atoms with Crippen LogP contribution in [0.4, 0.5) is 0 Å². The number of thiophene rings is 1. The standard InChI is InChI=1S/C30H16N3OS.C14H16GeN.Ir/c1-4-16-26-18(8-1)20-10-6-15-25(28(20)35-26)33-24-14-3-2-13-23(24)32-29(33)22-11-5-9-19-21-12-7-17-31-30(21)34-27(19)22;1-15(2,3)13-9-10-14(16-11-13)12-7-5-4-6-8-12;/h1-10,12-17H;4-7,9-11H,1-3H3;/q2*-1;. The van der Waals surface area contributed by atoms with Crippen LogP contribution in [0.3, 0.4) is 0 Å². The van der Waals surface area contributed by atoms with Gasteiger partial charge in [-0.05, 0) is 36.4 Å². The van der Waals surface area contributed by atoms with E-state index in [1.165, 1.54) is 24.6 Å². The first-order chi connectivity index (χ1) is 24.9. The number of rotatable bonds is 4. The van der Waals surface area contributed by atoms with Gasteiger partial charge in [0, 0.05) is 47.2 Å². The number of nitrogens with zero attached hydrogens (tertiary/aromatic N) is 4. The quantitative estimate of drug-likeness (QED) is 0.130. The Morgan fingerprint density at radius 1 is 0.692 bits per heavy atom. The summed E-state index contributed by atoms with van der Waals surface area (Å²) < 4.78 is 12.5. The maximum absolute atomic E-state index is 6.27. The molecule has 0 atom stereocenters. The first-order valence-electron chi connectivity index (χ1n) is 16.9.